The molecular weight excluding hydrogens is 456 g/mol. The minimum atomic E-state index is -3.82. The van der Waals surface area contributed by atoms with Gasteiger partial charge in [0.15, 0.2) is 0 Å². The van der Waals surface area contributed by atoms with E-state index in [-0.39, 0.29) is 10.8 Å². The topological polar surface area (TPSA) is 83.8 Å². The average molecular weight is 475 g/mol. The number of likely N-dealkylation sites (N-methyl/N-ethyl adjacent to an activating group) is 1. The fourth-order valence-corrected chi connectivity index (χ4v) is 5.99. The summed E-state index contributed by atoms with van der Waals surface area (Å²) in [5.41, 5.74) is 3.12. The highest BCUT2D eigenvalue weighted by molar-refractivity contribution is 7.91. The number of rotatable bonds is 6. The Morgan fingerprint density at radius 2 is 1.90 bits per heavy atom. The summed E-state index contributed by atoms with van der Waals surface area (Å²) in [4.78, 5) is 17.6. The van der Waals surface area contributed by atoms with E-state index in [2.05, 4.69) is 5.32 Å². The molecule has 3 aromatic heterocycles. The molecule has 31 heavy (non-hydrogen) atoms. The Bertz CT molecular complexity index is 1360. The van der Waals surface area contributed by atoms with E-state index in [9.17, 15) is 13.2 Å². The molecule has 0 fully saturated rings. The van der Waals surface area contributed by atoms with Crippen molar-refractivity contribution in [2.75, 3.05) is 18.9 Å². The Hall–Kier alpha value is -2.72. The summed E-state index contributed by atoms with van der Waals surface area (Å²) >= 11 is 6.81. The second-order valence-electron chi connectivity index (χ2n) is 6.93. The summed E-state index contributed by atoms with van der Waals surface area (Å²) in [6.07, 6.45) is 1.81. The smallest absolute Gasteiger partial charge is 0.252 e. The molecule has 1 amide bonds. The number of hydrogen-bond acceptors (Lipinski definition) is 5. The van der Waals surface area contributed by atoms with Gasteiger partial charge in [0.25, 0.3) is 10.0 Å². The van der Waals surface area contributed by atoms with Crippen LogP contribution in [0.5, 0.6) is 0 Å². The lowest BCUT2D eigenvalue weighted by Crippen LogP contribution is -2.34. The van der Waals surface area contributed by atoms with Crippen LogP contribution in [-0.2, 0) is 14.8 Å². The van der Waals surface area contributed by atoms with Gasteiger partial charge in [-0.15, -0.1) is 11.3 Å². The Morgan fingerprint density at radius 1 is 1.16 bits per heavy atom. The number of amides is 1. The van der Waals surface area contributed by atoms with Gasteiger partial charge in [-0.05, 0) is 30.7 Å². The molecular formula is C21H19ClN4O3S2. The van der Waals surface area contributed by atoms with E-state index in [1.807, 2.05) is 55.6 Å². The molecule has 0 aliphatic carbocycles. The van der Waals surface area contributed by atoms with Crippen LogP contribution in [0.3, 0.4) is 0 Å². The predicted molar refractivity (Wildman–Crippen MR) is 123 cm³/mol. The number of benzene rings is 1. The summed E-state index contributed by atoms with van der Waals surface area (Å²) < 4.78 is 28.7. The van der Waals surface area contributed by atoms with Gasteiger partial charge in [-0.25, -0.2) is 13.4 Å². The minimum Gasteiger partial charge on any atom is -0.309 e. The monoisotopic (exact) mass is 474 g/mol. The first-order valence-corrected chi connectivity index (χ1v) is 12.0. The number of hydrogen-bond donors (Lipinski definition) is 1. The van der Waals surface area contributed by atoms with Crippen LogP contribution in [0.1, 0.15) is 5.56 Å². The molecule has 0 saturated carbocycles. The zero-order chi connectivity index (χ0) is 22.2. The predicted octanol–water partition coefficient (Wildman–Crippen LogP) is 4.28. The molecule has 0 saturated heterocycles. The third-order valence-corrected chi connectivity index (χ3v) is 8.23. The van der Waals surface area contributed by atoms with Crippen molar-refractivity contribution in [1.29, 1.82) is 0 Å². The SMILES string of the molecule is Cc1cccn2c(NC(=O)CN(C)S(=O)(=O)c3ccc(Cl)s3)c(-c3ccccc3)nc12. The number of sulfonamides is 1. The lowest BCUT2D eigenvalue weighted by molar-refractivity contribution is -0.116. The van der Waals surface area contributed by atoms with E-state index in [0.29, 0.717) is 21.5 Å². The maximum absolute atomic E-state index is 12.8. The number of carbonyl (C=O) groups is 1. The van der Waals surface area contributed by atoms with Crippen molar-refractivity contribution in [2.24, 2.45) is 0 Å². The third-order valence-electron chi connectivity index (χ3n) is 4.73. The number of pyridine rings is 1. The number of anilines is 1. The van der Waals surface area contributed by atoms with Crippen molar-refractivity contribution >= 4 is 50.3 Å². The lowest BCUT2D eigenvalue weighted by Gasteiger charge is -2.16. The molecule has 0 atom stereocenters. The van der Waals surface area contributed by atoms with Gasteiger partial charge in [0.05, 0.1) is 10.9 Å². The molecule has 0 radical (unpaired) electrons. The minimum absolute atomic E-state index is 0.0863. The fourth-order valence-electron chi connectivity index (χ4n) is 3.17. The number of nitrogens with zero attached hydrogens (tertiary/aromatic N) is 3. The number of aromatic nitrogens is 2. The van der Waals surface area contributed by atoms with Crippen LogP contribution in [0.2, 0.25) is 4.34 Å². The number of nitrogens with one attached hydrogen (secondary N) is 1. The number of aryl methyl sites for hydroxylation is 1. The molecule has 160 valence electrons. The number of fused-ring (bicyclic) bond motifs is 1. The van der Waals surface area contributed by atoms with E-state index >= 15 is 0 Å². The number of carbonyl (C=O) groups excluding carboxylic acids is 1. The Labute approximate surface area is 189 Å². The Kier molecular flexibility index (Phi) is 5.85. The fraction of sp³-hybridized carbons (Fsp3) is 0.143. The van der Waals surface area contributed by atoms with Crippen molar-refractivity contribution in [3.63, 3.8) is 0 Å². The Morgan fingerprint density at radius 3 is 2.58 bits per heavy atom. The maximum atomic E-state index is 12.8. The number of halogens is 1. The highest BCUT2D eigenvalue weighted by atomic mass is 35.5. The summed E-state index contributed by atoms with van der Waals surface area (Å²) in [6, 6.07) is 16.3. The third kappa shape index (κ3) is 4.22. The maximum Gasteiger partial charge on any atom is 0.252 e. The van der Waals surface area contributed by atoms with Gasteiger partial charge >= 0.3 is 0 Å². The normalized spacial score (nSPS) is 11.9. The molecule has 0 aliphatic rings. The van der Waals surface area contributed by atoms with Crippen LogP contribution in [0.4, 0.5) is 5.82 Å². The molecule has 3 heterocycles. The number of thiophene rings is 1. The van der Waals surface area contributed by atoms with Crippen molar-refractivity contribution < 1.29 is 13.2 Å². The zero-order valence-corrected chi connectivity index (χ0v) is 19.1. The van der Waals surface area contributed by atoms with Gasteiger partial charge in [0.1, 0.15) is 21.4 Å². The summed E-state index contributed by atoms with van der Waals surface area (Å²) in [6.45, 7) is 1.58. The van der Waals surface area contributed by atoms with Crippen LogP contribution in [-0.4, -0.2) is 41.6 Å². The van der Waals surface area contributed by atoms with E-state index in [1.165, 1.54) is 19.2 Å². The molecule has 4 aromatic rings. The van der Waals surface area contributed by atoms with Crippen molar-refractivity contribution in [3.8, 4) is 11.3 Å². The highest BCUT2D eigenvalue weighted by Gasteiger charge is 2.26. The zero-order valence-electron chi connectivity index (χ0n) is 16.7. The van der Waals surface area contributed by atoms with Crippen molar-refractivity contribution in [3.05, 3.63) is 70.7 Å². The first-order valence-electron chi connectivity index (χ1n) is 9.32. The van der Waals surface area contributed by atoms with Crippen LogP contribution < -0.4 is 5.32 Å². The first kappa shape index (κ1) is 21.5. The standard InChI is InChI=1S/C21H19ClN4O3S2/c1-14-7-6-12-26-20(14)24-19(15-8-4-3-5-9-15)21(26)23-17(27)13-25(2)31(28,29)18-11-10-16(22)30-18/h3-12H,13H2,1-2H3,(H,23,27). The summed E-state index contributed by atoms with van der Waals surface area (Å²) in [5.74, 6) is 0.00841. The highest BCUT2D eigenvalue weighted by Crippen LogP contribution is 2.30. The quantitative estimate of drug-likeness (QED) is 0.452. The molecule has 10 heteroatoms. The average Bonchev–Trinajstić information content (AvgIpc) is 3.34. The molecule has 0 bridgehead atoms. The van der Waals surface area contributed by atoms with E-state index < -0.39 is 15.9 Å². The summed E-state index contributed by atoms with van der Waals surface area (Å²) in [5, 5.41) is 2.85. The molecule has 0 aliphatic heterocycles. The van der Waals surface area contributed by atoms with Crippen molar-refractivity contribution in [2.45, 2.75) is 11.1 Å². The van der Waals surface area contributed by atoms with Gasteiger partial charge in [-0.1, -0.05) is 48.0 Å². The summed E-state index contributed by atoms with van der Waals surface area (Å²) in [7, 11) is -2.46. The second-order valence-corrected chi connectivity index (χ2v) is 10.9. The van der Waals surface area contributed by atoms with Gasteiger partial charge in [0.2, 0.25) is 5.91 Å². The molecule has 7 nitrogen and oxygen atoms in total. The van der Waals surface area contributed by atoms with E-state index in [0.717, 1.165) is 26.8 Å². The van der Waals surface area contributed by atoms with Crippen LogP contribution >= 0.6 is 22.9 Å². The van der Waals surface area contributed by atoms with Gasteiger partial charge in [-0.3, -0.25) is 9.20 Å². The molecule has 0 unspecified atom stereocenters. The molecule has 1 N–H and O–H groups in total. The number of imidazole rings is 1. The van der Waals surface area contributed by atoms with Gasteiger partial charge in [-0.2, -0.15) is 4.31 Å². The van der Waals surface area contributed by atoms with Crippen molar-refractivity contribution in [1.82, 2.24) is 13.7 Å². The van der Waals surface area contributed by atoms with E-state index in [1.54, 1.807) is 4.40 Å². The van der Waals surface area contributed by atoms with Crippen LogP contribution in [0.15, 0.2) is 65.0 Å². The van der Waals surface area contributed by atoms with Crippen LogP contribution in [0, 0.1) is 6.92 Å². The molecule has 1 aromatic carbocycles. The first-order chi connectivity index (χ1) is 14.8. The molecule has 0 spiro atoms. The molecule has 4 rings (SSSR count). The van der Waals surface area contributed by atoms with Crippen LogP contribution in [0.25, 0.3) is 16.9 Å². The largest absolute Gasteiger partial charge is 0.309 e. The van der Waals surface area contributed by atoms with E-state index in [4.69, 9.17) is 16.6 Å². The lowest BCUT2D eigenvalue weighted by atomic mass is 10.1. The Balaban J connectivity index is 1.65. The van der Waals surface area contributed by atoms with Gasteiger partial charge < -0.3 is 5.32 Å². The second kappa shape index (κ2) is 8.43. The van der Waals surface area contributed by atoms with Gasteiger partial charge in [0, 0.05) is 18.8 Å².